The summed E-state index contributed by atoms with van der Waals surface area (Å²) in [5, 5.41) is 9.38. The SMILES string of the molecule is c1cc(-c2ccsn2)cnn1. The first-order valence-corrected chi connectivity index (χ1v) is 3.98. The predicted octanol–water partition coefficient (Wildman–Crippen LogP) is 1.60. The Bertz CT molecular complexity index is 317. The molecule has 0 N–H and O–H groups in total. The summed E-state index contributed by atoms with van der Waals surface area (Å²) < 4.78 is 4.16. The molecule has 0 aliphatic heterocycles. The van der Waals surface area contributed by atoms with E-state index in [-0.39, 0.29) is 0 Å². The lowest BCUT2D eigenvalue weighted by Crippen LogP contribution is -1.80. The average molecular weight is 163 g/mol. The van der Waals surface area contributed by atoms with Crippen LogP contribution >= 0.6 is 11.5 Å². The molecule has 2 rings (SSSR count). The van der Waals surface area contributed by atoms with Gasteiger partial charge in [-0.15, -0.1) is 0 Å². The summed E-state index contributed by atoms with van der Waals surface area (Å²) >= 11 is 1.44. The van der Waals surface area contributed by atoms with E-state index in [1.807, 2.05) is 17.5 Å². The van der Waals surface area contributed by atoms with Gasteiger partial charge in [-0.1, -0.05) is 0 Å². The van der Waals surface area contributed by atoms with E-state index in [0.29, 0.717) is 0 Å². The molecule has 3 nitrogen and oxygen atoms in total. The number of aromatic nitrogens is 3. The highest BCUT2D eigenvalue weighted by molar-refractivity contribution is 7.03. The van der Waals surface area contributed by atoms with Crippen LogP contribution in [-0.2, 0) is 0 Å². The molecule has 2 aromatic rings. The Labute approximate surface area is 67.9 Å². The fourth-order valence-electron chi connectivity index (χ4n) is 0.804. The van der Waals surface area contributed by atoms with Crippen LogP contribution in [0, 0.1) is 0 Å². The van der Waals surface area contributed by atoms with Crippen molar-refractivity contribution in [2.45, 2.75) is 0 Å². The van der Waals surface area contributed by atoms with E-state index in [0.717, 1.165) is 11.3 Å². The maximum atomic E-state index is 4.16. The standard InChI is InChI=1S/C7H5N3S/c1-3-8-9-5-6(1)7-2-4-11-10-7/h1-5H. The van der Waals surface area contributed by atoms with Crippen molar-refractivity contribution in [3.05, 3.63) is 29.9 Å². The van der Waals surface area contributed by atoms with Crippen molar-refractivity contribution in [3.63, 3.8) is 0 Å². The zero-order valence-corrected chi connectivity index (χ0v) is 6.45. The van der Waals surface area contributed by atoms with Gasteiger partial charge in [0.05, 0.1) is 18.1 Å². The molecule has 2 aromatic heterocycles. The van der Waals surface area contributed by atoms with Crippen molar-refractivity contribution < 1.29 is 0 Å². The van der Waals surface area contributed by atoms with Crippen LogP contribution in [0.15, 0.2) is 29.9 Å². The van der Waals surface area contributed by atoms with Crippen LogP contribution in [0.1, 0.15) is 0 Å². The summed E-state index contributed by atoms with van der Waals surface area (Å²) in [5.41, 5.74) is 1.98. The molecule has 0 aliphatic carbocycles. The molecule has 0 saturated heterocycles. The molecule has 0 radical (unpaired) electrons. The smallest absolute Gasteiger partial charge is 0.0857 e. The van der Waals surface area contributed by atoms with E-state index in [2.05, 4.69) is 14.6 Å². The molecule has 0 aromatic carbocycles. The Hall–Kier alpha value is -1.29. The quantitative estimate of drug-likeness (QED) is 0.641. The summed E-state index contributed by atoms with van der Waals surface area (Å²) in [4.78, 5) is 0. The van der Waals surface area contributed by atoms with Crippen LogP contribution in [-0.4, -0.2) is 14.6 Å². The van der Waals surface area contributed by atoms with Gasteiger partial charge in [0.2, 0.25) is 0 Å². The van der Waals surface area contributed by atoms with Crippen molar-refractivity contribution >= 4 is 11.5 Å². The molecule has 0 bridgehead atoms. The first kappa shape index (κ1) is 6.42. The fourth-order valence-corrected chi connectivity index (χ4v) is 1.33. The van der Waals surface area contributed by atoms with Crippen molar-refractivity contribution in [1.29, 1.82) is 0 Å². The highest BCUT2D eigenvalue weighted by Gasteiger charge is 1.97. The Morgan fingerprint density at radius 3 is 2.82 bits per heavy atom. The number of rotatable bonds is 1. The van der Waals surface area contributed by atoms with E-state index in [1.165, 1.54) is 11.5 Å². The molecule has 2 heterocycles. The third-order valence-corrected chi connectivity index (χ3v) is 1.88. The van der Waals surface area contributed by atoms with E-state index in [1.54, 1.807) is 12.4 Å². The summed E-state index contributed by atoms with van der Waals surface area (Å²) in [7, 11) is 0. The molecular formula is C7H5N3S. The average Bonchev–Trinajstić information content (AvgIpc) is 2.58. The third kappa shape index (κ3) is 1.25. The second-order valence-electron chi connectivity index (χ2n) is 2.02. The highest BCUT2D eigenvalue weighted by atomic mass is 32.1. The van der Waals surface area contributed by atoms with Crippen LogP contribution in [0.25, 0.3) is 11.3 Å². The highest BCUT2D eigenvalue weighted by Crippen LogP contribution is 2.15. The van der Waals surface area contributed by atoms with E-state index < -0.39 is 0 Å². The predicted molar refractivity (Wildman–Crippen MR) is 43.1 cm³/mol. The lowest BCUT2D eigenvalue weighted by Gasteiger charge is -1.90. The Morgan fingerprint density at radius 2 is 2.18 bits per heavy atom. The van der Waals surface area contributed by atoms with Gasteiger partial charge in [0.1, 0.15) is 0 Å². The normalized spacial score (nSPS) is 9.82. The zero-order valence-electron chi connectivity index (χ0n) is 5.64. The number of hydrogen-bond donors (Lipinski definition) is 0. The van der Waals surface area contributed by atoms with Crippen LogP contribution < -0.4 is 0 Å². The van der Waals surface area contributed by atoms with Gasteiger partial charge < -0.3 is 0 Å². The zero-order chi connectivity index (χ0) is 7.52. The minimum Gasteiger partial charge on any atom is -0.193 e. The molecule has 0 atom stereocenters. The number of nitrogens with zero attached hydrogens (tertiary/aromatic N) is 3. The van der Waals surface area contributed by atoms with Crippen molar-refractivity contribution in [2.75, 3.05) is 0 Å². The van der Waals surface area contributed by atoms with Gasteiger partial charge >= 0.3 is 0 Å². The van der Waals surface area contributed by atoms with Crippen LogP contribution in [0.2, 0.25) is 0 Å². The van der Waals surface area contributed by atoms with Gasteiger partial charge in [0.15, 0.2) is 0 Å². The van der Waals surface area contributed by atoms with Crippen LogP contribution in [0.5, 0.6) is 0 Å². The number of hydrogen-bond acceptors (Lipinski definition) is 4. The monoisotopic (exact) mass is 163 g/mol. The second kappa shape index (κ2) is 2.75. The molecule has 4 heteroatoms. The van der Waals surface area contributed by atoms with Gasteiger partial charge in [0, 0.05) is 10.9 Å². The summed E-state index contributed by atoms with van der Waals surface area (Å²) in [6.07, 6.45) is 3.36. The van der Waals surface area contributed by atoms with Gasteiger partial charge in [-0.05, 0) is 23.7 Å². The fraction of sp³-hybridized carbons (Fsp3) is 0. The summed E-state index contributed by atoms with van der Waals surface area (Å²) in [5.74, 6) is 0. The first-order valence-electron chi connectivity index (χ1n) is 3.14. The van der Waals surface area contributed by atoms with Crippen molar-refractivity contribution in [2.24, 2.45) is 0 Å². The molecule has 0 fully saturated rings. The van der Waals surface area contributed by atoms with Crippen LogP contribution in [0.4, 0.5) is 0 Å². The lowest BCUT2D eigenvalue weighted by molar-refractivity contribution is 1.03. The molecular weight excluding hydrogens is 158 g/mol. The largest absolute Gasteiger partial charge is 0.193 e. The Balaban J connectivity index is 2.46. The van der Waals surface area contributed by atoms with E-state index in [9.17, 15) is 0 Å². The summed E-state index contributed by atoms with van der Waals surface area (Å²) in [6.45, 7) is 0. The maximum Gasteiger partial charge on any atom is 0.0857 e. The summed E-state index contributed by atoms with van der Waals surface area (Å²) in [6, 6.07) is 3.85. The molecule has 54 valence electrons. The lowest BCUT2D eigenvalue weighted by atomic mass is 10.2. The molecule has 0 saturated carbocycles. The maximum absolute atomic E-state index is 4.16. The molecule has 0 unspecified atom stereocenters. The molecule has 11 heavy (non-hydrogen) atoms. The van der Waals surface area contributed by atoms with Gasteiger partial charge in [0.25, 0.3) is 0 Å². The van der Waals surface area contributed by atoms with Crippen LogP contribution in [0.3, 0.4) is 0 Å². The topological polar surface area (TPSA) is 38.7 Å². The minimum absolute atomic E-state index is 0.963. The molecule has 0 spiro atoms. The van der Waals surface area contributed by atoms with Gasteiger partial charge in [-0.3, -0.25) is 0 Å². The van der Waals surface area contributed by atoms with Gasteiger partial charge in [-0.25, -0.2) is 0 Å². The molecule has 0 aliphatic rings. The first-order chi connectivity index (χ1) is 5.47. The van der Waals surface area contributed by atoms with Crippen molar-refractivity contribution in [3.8, 4) is 11.3 Å². The van der Waals surface area contributed by atoms with E-state index >= 15 is 0 Å². The minimum atomic E-state index is 0.963. The second-order valence-corrected chi connectivity index (χ2v) is 2.68. The Morgan fingerprint density at radius 1 is 1.18 bits per heavy atom. The third-order valence-electron chi connectivity index (χ3n) is 1.32. The molecule has 0 amide bonds. The van der Waals surface area contributed by atoms with Crippen molar-refractivity contribution in [1.82, 2.24) is 14.6 Å². The van der Waals surface area contributed by atoms with E-state index in [4.69, 9.17) is 0 Å². The van der Waals surface area contributed by atoms with Gasteiger partial charge in [-0.2, -0.15) is 14.6 Å². The Kier molecular flexibility index (Phi) is 1.61.